The van der Waals surface area contributed by atoms with E-state index in [1.165, 1.54) is 16.9 Å². The number of aromatic nitrogens is 2. The van der Waals surface area contributed by atoms with E-state index in [4.69, 9.17) is 17.0 Å². The van der Waals surface area contributed by atoms with E-state index < -0.39 is 0 Å². The fourth-order valence-corrected chi connectivity index (χ4v) is 3.87. The number of ether oxygens (including phenoxy) is 1. The molecule has 0 unspecified atom stereocenters. The van der Waals surface area contributed by atoms with Crippen molar-refractivity contribution in [3.63, 3.8) is 0 Å². The monoisotopic (exact) mass is 450 g/mol. The zero-order chi connectivity index (χ0) is 18.5. The Kier molecular flexibility index (Phi) is 6.42. The molecule has 0 atom stereocenters. The lowest BCUT2D eigenvalue weighted by atomic mass is 10.2. The minimum absolute atomic E-state index is 0.627. The molecule has 0 saturated heterocycles. The van der Waals surface area contributed by atoms with Gasteiger partial charge in [0.05, 0.1) is 13.8 Å². The molecule has 136 valence electrons. The molecule has 26 heavy (non-hydrogen) atoms. The molecule has 0 amide bonds. The van der Waals surface area contributed by atoms with Gasteiger partial charge in [-0.1, -0.05) is 45.5 Å². The van der Waals surface area contributed by atoms with Gasteiger partial charge in [-0.05, 0) is 55.2 Å². The van der Waals surface area contributed by atoms with Gasteiger partial charge in [-0.15, -0.1) is 5.10 Å². The molecule has 0 spiro atoms. The summed E-state index contributed by atoms with van der Waals surface area (Å²) in [4.78, 5) is 2.17. The molecule has 1 heterocycles. The highest BCUT2D eigenvalue weighted by Gasteiger charge is 2.08. The first kappa shape index (κ1) is 19.0. The molecule has 3 rings (SSSR count). The number of benzene rings is 2. The van der Waals surface area contributed by atoms with E-state index in [0.717, 1.165) is 31.5 Å². The Morgan fingerprint density at radius 1 is 1.27 bits per heavy atom. The third-order valence-electron chi connectivity index (χ3n) is 3.67. The number of anilines is 2. The summed E-state index contributed by atoms with van der Waals surface area (Å²) in [5, 5.41) is 8.67. The SMILES string of the molecule is COc1ccc(CN(C)Cn2nc(Nc3cccc(Br)c3)sc2=S)cc1. The average molecular weight is 451 g/mol. The van der Waals surface area contributed by atoms with Crippen molar-refractivity contribution in [2.45, 2.75) is 13.2 Å². The van der Waals surface area contributed by atoms with E-state index in [9.17, 15) is 0 Å². The first-order valence-corrected chi connectivity index (χ1v) is 9.97. The predicted molar refractivity (Wildman–Crippen MR) is 113 cm³/mol. The number of nitrogens with zero attached hydrogens (tertiary/aromatic N) is 3. The summed E-state index contributed by atoms with van der Waals surface area (Å²) >= 11 is 10.4. The van der Waals surface area contributed by atoms with Crippen LogP contribution in [0, 0.1) is 3.95 Å². The molecule has 3 aromatic rings. The molecule has 0 saturated carbocycles. The first-order valence-electron chi connectivity index (χ1n) is 7.95. The fraction of sp³-hybridized carbons (Fsp3) is 0.222. The van der Waals surface area contributed by atoms with Crippen LogP contribution in [0.15, 0.2) is 53.0 Å². The van der Waals surface area contributed by atoms with Gasteiger partial charge >= 0.3 is 0 Å². The molecule has 0 aliphatic heterocycles. The maximum atomic E-state index is 5.46. The first-order chi connectivity index (χ1) is 12.5. The van der Waals surface area contributed by atoms with Gasteiger partial charge in [0.1, 0.15) is 5.75 Å². The third-order valence-corrected chi connectivity index (χ3v) is 5.39. The summed E-state index contributed by atoms with van der Waals surface area (Å²) < 4.78 is 8.79. The molecule has 0 aliphatic rings. The van der Waals surface area contributed by atoms with Gasteiger partial charge in [0.25, 0.3) is 0 Å². The van der Waals surface area contributed by atoms with E-state index in [2.05, 4.69) is 43.4 Å². The zero-order valence-electron chi connectivity index (χ0n) is 14.5. The lowest BCUT2D eigenvalue weighted by Gasteiger charge is -2.16. The largest absolute Gasteiger partial charge is 0.497 e. The minimum Gasteiger partial charge on any atom is -0.497 e. The van der Waals surface area contributed by atoms with Crippen molar-refractivity contribution in [1.29, 1.82) is 0 Å². The highest BCUT2D eigenvalue weighted by molar-refractivity contribution is 9.10. The number of hydrogen-bond acceptors (Lipinski definition) is 6. The Hall–Kier alpha value is -1.74. The van der Waals surface area contributed by atoms with Gasteiger partial charge < -0.3 is 10.1 Å². The van der Waals surface area contributed by atoms with Crippen LogP contribution in [0.3, 0.4) is 0 Å². The summed E-state index contributed by atoms with van der Waals surface area (Å²) in [5.74, 6) is 0.862. The quantitative estimate of drug-likeness (QED) is 0.496. The summed E-state index contributed by atoms with van der Waals surface area (Å²) in [6.45, 7) is 1.43. The van der Waals surface area contributed by atoms with Crippen molar-refractivity contribution in [1.82, 2.24) is 14.7 Å². The summed E-state index contributed by atoms with van der Waals surface area (Å²) in [7, 11) is 3.72. The molecule has 0 radical (unpaired) electrons. The number of hydrogen-bond donors (Lipinski definition) is 1. The normalized spacial score (nSPS) is 10.9. The van der Waals surface area contributed by atoms with Gasteiger partial charge in [0.2, 0.25) is 5.13 Å². The lowest BCUT2D eigenvalue weighted by Crippen LogP contribution is -2.22. The van der Waals surface area contributed by atoms with Crippen LogP contribution >= 0.6 is 39.5 Å². The lowest BCUT2D eigenvalue weighted by molar-refractivity contribution is 0.245. The zero-order valence-corrected chi connectivity index (χ0v) is 17.7. The van der Waals surface area contributed by atoms with Crippen LogP contribution in [0.2, 0.25) is 0 Å². The molecule has 8 heteroatoms. The highest BCUT2D eigenvalue weighted by Crippen LogP contribution is 2.23. The van der Waals surface area contributed by atoms with Gasteiger partial charge in [-0.2, -0.15) is 0 Å². The minimum atomic E-state index is 0.627. The summed E-state index contributed by atoms with van der Waals surface area (Å²) in [6.07, 6.45) is 0. The van der Waals surface area contributed by atoms with Crippen LogP contribution in [0.4, 0.5) is 10.8 Å². The van der Waals surface area contributed by atoms with E-state index >= 15 is 0 Å². The van der Waals surface area contributed by atoms with Gasteiger partial charge in [-0.3, -0.25) is 4.90 Å². The molecule has 5 nitrogen and oxygen atoms in total. The van der Waals surface area contributed by atoms with Crippen LogP contribution in [0.5, 0.6) is 5.75 Å². The predicted octanol–water partition coefficient (Wildman–Crippen LogP) is 5.28. The van der Waals surface area contributed by atoms with Crippen molar-refractivity contribution in [3.05, 3.63) is 62.5 Å². The smallest absolute Gasteiger partial charge is 0.209 e. The molecule has 1 N–H and O–H groups in total. The number of rotatable bonds is 7. The molecule has 0 aliphatic carbocycles. The van der Waals surface area contributed by atoms with Crippen molar-refractivity contribution >= 4 is 50.3 Å². The van der Waals surface area contributed by atoms with Gasteiger partial charge in [0, 0.05) is 16.7 Å². The standard InChI is InChI=1S/C18H19BrN4OS2/c1-22(11-13-6-8-16(24-2)9-7-13)12-23-18(25)26-17(21-23)20-15-5-3-4-14(19)10-15/h3-10H,11-12H2,1-2H3,(H,20,21). The maximum absolute atomic E-state index is 5.46. The Morgan fingerprint density at radius 2 is 2.04 bits per heavy atom. The van der Waals surface area contributed by atoms with Gasteiger partial charge in [-0.25, -0.2) is 4.68 Å². The third kappa shape index (κ3) is 5.14. The molecular weight excluding hydrogens is 432 g/mol. The Labute approximate surface area is 170 Å². The van der Waals surface area contributed by atoms with Crippen LogP contribution in [0.25, 0.3) is 0 Å². The average Bonchev–Trinajstić information content (AvgIpc) is 2.94. The van der Waals surface area contributed by atoms with Crippen molar-refractivity contribution in [2.24, 2.45) is 0 Å². The van der Waals surface area contributed by atoms with Crippen LogP contribution in [-0.2, 0) is 13.2 Å². The Balaban J connectivity index is 1.64. The molecule has 0 bridgehead atoms. The van der Waals surface area contributed by atoms with E-state index in [1.807, 2.05) is 48.1 Å². The maximum Gasteiger partial charge on any atom is 0.209 e. The van der Waals surface area contributed by atoms with E-state index in [0.29, 0.717) is 6.67 Å². The highest BCUT2D eigenvalue weighted by atomic mass is 79.9. The second-order valence-electron chi connectivity index (χ2n) is 5.81. The second-order valence-corrected chi connectivity index (χ2v) is 8.35. The molecule has 2 aromatic carbocycles. The number of halogens is 1. The molecular formula is C18H19BrN4OS2. The van der Waals surface area contributed by atoms with Crippen LogP contribution in [-0.4, -0.2) is 28.8 Å². The summed E-state index contributed by atoms with van der Waals surface area (Å²) in [5.41, 5.74) is 2.18. The molecule has 1 aromatic heterocycles. The van der Waals surface area contributed by atoms with Crippen LogP contribution < -0.4 is 10.1 Å². The Morgan fingerprint density at radius 3 is 2.73 bits per heavy atom. The van der Waals surface area contributed by atoms with Gasteiger partial charge in [0.15, 0.2) is 3.95 Å². The van der Waals surface area contributed by atoms with Crippen molar-refractivity contribution < 1.29 is 4.74 Å². The number of methoxy groups -OCH3 is 1. The molecule has 0 fully saturated rings. The van der Waals surface area contributed by atoms with Crippen molar-refractivity contribution in [3.8, 4) is 5.75 Å². The van der Waals surface area contributed by atoms with Crippen LogP contribution in [0.1, 0.15) is 5.56 Å². The summed E-state index contributed by atoms with van der Waals surface area (Å²) in [6, 6.07) is 16.0. The second kappa shape index (κ2) is 8.77. The Bertz CT molecular complexity index is 923. The van der Waals surface area contributed by atoms with Crippen molar-refractivity contribution in [2.75, 3.05) is 19.5 Å². The van der Waals surface area contributed by atoms with E-state index in [-0.39, 0.29) is 0 Å². The topological polar surface area (TPSA) is 42.3 Å². The number of nitrogens with one attached hydrogen (secondary N) is 1. The fourth-order valence-electron chi connectivity index (χ4n) is 2.46. The van der Waals surface area contributed by atoms with E-state index in [1.54, 1.807) is 7.11 Å².